The lowest BCUT2D eigenvalue weighted by atomic mass is 10.5. The lowest BCUT2D eigenvalue weighted by molar-refractivity contribution is -0.140. The zero-order valence-corrected chi connectivity index (χ0v) is 9.48. The van der Waals surface area contributed by atoms with Crippen LogP contribution >= 0.6 is 23.3 Å². The number of hydrogen-bond donors (Lipinski definition) is 3. The monoisotopic (exact) mass is 239 g/mol. The van der Waals surface area contributed by atoms with Gasteiger partial charge in [0.1, 0.15) is 5.76 Å². The van der Waals surface area contributed by atoms with Gasteiger partial charge in [0.05, 0.1) is 19.2 Å². The maximum atomic E-state index is 10.8. The number of ether oxygens (including phenoxy) is 1. The predicted molar refractivity (Wildman–Crippen MR) is 60.7 cm³/mol. The molecule has 6 heteroatoms. The van der Waals surface area contributed by atoms with E-state index in [2.05, 4.69) is 4.74 Å². The van der Waals surface area contributed by atoms with Crippen LogP contribution in [0.5, 0.6) is 0 Å². The fourth-order valence-corrected chi connectivity index (χ4v) is 2.69. The van der Waals surface area contributed by atoms with E-state index in [0.717, 1.165) is 0 Å². The third-order valence-corrected chi connectivity index (χ3v) is 3.62. The lowest BCUT2D eigenvalue weighted by Gasteiger charge is -2.06. The summed E-state index contributed by atoms with van der Waals surface area (Å²) in [6, 6.07) is 0. The number of thiol groups is 1. The molecule has 1 aliphatic rings. The standard InChI is InChI=1S/C8H13NO3S.ClH/c1-12-8(11)2-3-13-4-6(9)7(10)5-13;/h4-5,10,13H,2-3,9H2,1H3;1H. The third-order valence-electron chi connectivity index (χ3n) is 1.69. The Hall–Kier alpha value is -0.810. The van der Waals surface area contributed by atoms with Gasteiger partial charge in [-0.2, -0.15) is 0 Å². The van der Waals surface area contributed by atoms with Gasteiger partial charge in [-0.05, 0) is 16.6 Å². The van der Waals surface area contributed by atoms with Gasteiger partial charge in [-0.1, -0.05) is 0 Å². The Morgan fingerprint density at radius 1 is 1.64 bits per heavy atom. The number of nitrogens with two attached hydrogens (primary N) is 1. The van der Waals surface area contributed by atoms with Gasteiger partial charge in [0.2, 0.25) is 0 Å². The minimum atomic E-state index is -0.562. The predicted octanol–water partition coefficient (Wildman–Crippen LogP) is 1.19. The van der Waals surface area contributed by atoms with Crippen LogP contribution in [0.3, 0.4) is 0 Å². The van der Waals surface area contributed by atoms with Crippen molar-refractivity contribution in [1.82, 2.24) is 0 Å². The van der Waals surface area contributed by atoms with Crippen LogP contribution in [0, 0.1) is 0 Å². The SMILES string of the molecule is COC(=O)CC[SH]1C=C(N)C(O)=C1.Cl. The number of carbonyl (C=O) groups is 1. The molecule has 0 saturated heterocycles. The average molecular weight is 240 g/mol. The van der Waals surface area contributed by atoms with Gasteiger partial charge < -0.3 is 15.6 Å². The Morgan fingerprint density at radius 3 is 2.71 bits per heavy atom. The van der Waals surface area contributed by atoms with Crippen molar-refractivity contribution in [3.05, 3.63) is 22.3 Å². The molecule has 82 valence electrons. The van der Waals surface area contributed by atoms with Crippen molar-refractivity contribution in [3.63, 3.8) is 0 Å². The first kappa shape index (κ1) is 13.2. The highest BCUT2D eigenvalue weighted by Gasteiger charge is 2.12. The molecule has 1 unspecified atom stereocenters. The summed E-state index contributed by atoms with van der Waals surface area (Å²) < 4.78 is 4.50. The maximum absolute atomic E-state index is 10.8. The molecule has 0 aromatic heterocycles. The molecule has 0 aromatic rings. The Kier molecular flexibility index (Phi) is 5.49. The van der Waals surface area contributed by atoms with Crippen molar-refractivity contribution in [2.75, 3.05) is 12.9 Å². The largest absolute Gasteiger partial charge is 0.505 e. The zero-order valence-electron chi connectivity index (χ0n) is 7.77. The van der Waals surface area contributed by atoms with E-state index in [1.165, 1.54) is 7.11 Å². The summed E-state index contributed by atoms with van der Waals surface area (Å²) in [5, 5.41) is 12.7. The van der Waals surface area contributed by atoms with Crippen LogP contribution in [-0.4, -0.2) is 23.9 Å². The van der Waals surface area contributed by atoms with E-state index in [0.29, 0.717) is 17.9 Å². The topological polar surface area (TPSA) is 72.5 Å². The first-order valence-corrected chi connectivity index (χ1v) is 5.51. The number of aliphatic hydroxyl groups excluding tert-OH is 1. The van der Waals surface area contributed by atoms with E-state index in [-0.39, 0.29) is 24.1 Å². The number of methoxy groups -OCH3 is 1. The Balaban J connectivity index is 0.00000169. The molecule has 0 bridgehead atoms. The molecule has 0 aliphatic carbocycles. The summed E-state index contributed by atoms with van der Waals surface area (Å²) in [5.74, 6) is 0.595. The highest BCUT2D eigenvalue weighted by atomic mass is 35.5. The molecule has 1 heterocycles. The fraction of sp³-hybridized carbons (Fsp3) is 0.375. The number of aliphatic hydroxyl groups is 1. The second-order valence-electron chi connectivity index (χ2n) is 2.66. The number of esters is 1. The smallest absolute Gasteiger partial charge is 0.306 e. The molecule has 14 heavy (non-hydrogen) atoms. The van der Waals surface area contributed by atoms with E-state index >= 15 is 0 Å². The molecule has 4 nitrogen and oxygen atoms in total. The van der Waals surface area contributed by atoms with Crippen molar-refractivity contribution >= 4 is 29.3 Å². The zero-order chi connectivity index (χ0) is 9.84. The van der Waals surface area contributed by atoms with Crippen LogP contribution < -0.4 is 5.73 Å². The lowest BCUT2D eigenvalue weighted by Crippen LogP contribution is -2.02. The second-order valence-corrected chi connectivity index (χ2v) is 4.65. The van der Waals surface area contributed by atoms with Crippen molar-refractivity contribution in [3.8, 4) is 0 Å². The van der Waals surface area contributed by atoms with Gasteiger partial charge in [-0.3, -0.25) is 4.79 Å². The molecule has 0 radical (unpaired) electrons. The van der Waals surface area contributed by atoms with Crippen LogP contribution in [-0.2, 0) is 9.53 Å². The minimum absolute atomic E-state index is 0. The van der Waals surface area contributed by atoms with Crippen molar-refractivity contribution in [2.45, 2.75) is 6.42 Å². The molecule has 1 rings (SSSR count). The third kappa shape index (κ3) is 3.51. The van der Waals surface area contributed by atoms with Crippen molar-refractivity contribution < 1.29 is 14.6 Å². The number of carbonyl (C=O) groups excluding carboxylic acids is 1. The highest BCUT2D eigenvalue weighted by Crippen LogP contribution is 2.37. The summed E-state index contributed by atoms with van der Waals surface area (Å²) in [6.45, 7) is 0. The molecule has 0 saturated carbocycles. The highest BCUT2D eigenvalue weighted by molar-refractivity contribution is 8.22. The van der Waals surface area contributed by atoms with Crippen LogP contribution in [0.25, 0.3) is 0 Å². The molecular formula is C8H14ClNO3S. The van der Waals surface area contributed by atoms with E-state index in [9.17, 15) is 4.79 Å². The van der Waals surface area contributed by atoms with E-state index in [1.807, 2.05) is 0 Å². The van der Waals surface area contributed by atoms with Gasteiger partial charge in [0.15, 0.2) is 0 Å². The summed E-state index contributed by atoms with van der Waals surface area (Å²) >= 11 is 0. The Bertz CT molecular complexity index is 260. The fourth-order valence-electron chi connectivity index (χ4n) is 0.965. The molecule has 0 amide bonds. The summed E-state index contributed by atoms with van der Waals surface area (Å²) in [6.07, 6.45) is 0.371. The van der Waals surface area contributed by atoms with Crippen molar-refractivity contribution in [2.24, 2.45) is 5.73 Å². The van der Waals surface area contributed by atoms with Gasteiger partial charge >= 0.3 is 5.97 Å². The van der Waals surface area contributed by atoms with Gasteiger partial charge in [0, 0.05) is 0 Å². The number of halogens is 1. The maximum Gasteiger partial charge on any atom is 0.306 e. The molecule has 0 fully saturated rings. The number of rotatable bonds is 3. The molecule has 1 atom stereocenters. The first-order chi connectivity index (χ1) is 6.13. The van der Waals surface area contributed by atoms with Crippen LogP contribution in [0.2, 0.25) is 0 Å². The van der Waals surface area contributed by atoms with Crippen LogP contribution in [0.1, 0.15) is 6.42 Å². The number of hydrogen-bond acceptors (Lipinski definition) is 4. The van der Waals surface area contributed by atoms with Gasteiger partial charge in [0.25, 0.3) is 0 Å². The minimum Gasteiger partial charge on any atom is -0.505 e. The molecule has 0 spiro atoms. The first-order valence-electron chi connectivity index (χ1n) is 3.84. The van der Waals surface area contributed by atoms with E-state index in [4.69, 9.17) is 10.8 Å². The van der Waals surface area contributed by atoms with E-state index < -0.39 is 10.9 Å². The molecule has 1 aliphatic heterocycles. The Labute approximate surface area is 91.6 Å². The second kappa shape index (κ2) is 5.82. The summed E-state index contributed by atoms with van der Waals surface area (Å²) in [5.41, 5.74) is 5.86. The molecular weight excluding hydrogens is 226 g/mol. The van der Waals surface area contributed by atoms with Crippen molar-refractivity contribution in [1.29, 1.82) is 0 Å². The van der Waals surface area contributed by atoms with Gasteiger partial charge in [-0.15, -0.1) is 12.4 Å². The Morgan fingerprint density at radius 2 is 2.29 bits per heavy atom. The van der Waals surface area contributed by atoms with Crippen LogP contribution in [0.4, 0.5) is 0 Å². The van der Waals surface area contributed by atoms with Crippen LogP contribution in [0.15, 0.2) is 22.3 Å². The normalized spacial score (nSPS) is 21.9. The summed E-state index contributed by atoms with van der Waals surface area (Å²) in [4.78, 5) is 10.8. The molecule has 3 N–H and O–H groups in total. The quantitative estimate of drug-likeness (QED) is 0.511. The van der Waals surface area contributed by atoms with Gasteiger partial charge in [-0.25, -0.2) is 10.9 Å². The summed E-state index contributed by atoms with van der Waals surface area (Å²) in [7, 11) is 0.801. The molecule has 0 aromatic carbocycles. The van der Waals surface area contributed by atoms with E-state index in [1.54, 1.807) is 10.8 Å². The average Bonchev–Trinajstić information content (AvgIpc) is 2.42.